The summed E-state index contributed by atoms with van der Waals surface area (Å²) >= 11 is 3.12. The van der Waals surface area contributed by atoms with Crippen LogP contribution in [0.1, 0.15) is 31.4 Å². The van der Waals surface area contributed by atoms with Crippen LogP contribution in [0.5, 0.6) is 0 Å². The SMILES string of the molecule is Cc1ccc(C(=O)N(C)Cc2cc(C#CCCO)cs2)s1. The molecule has 0 aliphatic rings. The average Bonchev–Trinajstić information content (AvgIpc) is 3.07. The first-order valence-corrected chi connectivity index (χ1v) is 8.29. The molecule has 1 N–H and O–H groups in total. The molecule has 0 fully saturated rings. The summed E-state index contributed by atoms with van der Waals surface area (Å²) in [7, 11) is 1.81. The molecular formula is C16H17NO2S2. The first-order valence-electron chi connectivity index (χ1n) is 6.59. The standard InChI is InChI=1S/C16H17NO2S2/c1-12-6-7-15(21-12)16(19)17(2)10-14-9-13(11-20-14)5-3-4-8-18/h6-7,9,11,18H,4,8,10H2,1-2H3. The van der Waals surface area contributed by atoms with E-state index in [-0.39, 0.29) is 12.5 Å². The Hall–Kier alpha value is -1.61. The molecule has 110 valence electrons. The summed E-state index contributed by atoms with van der Waals surface area (Å²) in [5.41, 5.74) is 0.941. The van der Waals surface area contributed by atoms with Gasteiger partial charge in [0.25, 0.3) is 5.91 Å². The van der Waals surface area contributed by atoms with Gasteiger partial charge in [-0.3, -0.25) is 4.79 Å². The maximum Gasteiger partial charge on any atom is 0.263 e. The van der Waals surface area contributed by atoms with Crippen molar-refractivity contribution in [2.45, 2.75) is 19.9 Å². The Morgan fingerprint density at radius 1 is 1.43 bits per heavy atom. The molecule has 0 atom stereocenters. The monoisotopic (exact) mass is 319 g/mol. The number of carbonyl (C=O) groups is 1. The van der Waals surface area contributed by atoms with Gasteiger partial charge in [0, 0.05) is 34.2 Å². The number of amides is 1. The van der Waals surface area contributed by atoms with E-state index >= 15 is 0 Å². The van der Waals surface area contributed by atoms with Gasteiger partial charge in [-0.2, -0.15) is 0 Å². The quantitative estimate of drug-likeness (QED) is 0.880. The number of aliphatic hydroxyl groups excluding tert-OH is 1. The number of hydrogen-bond donors (Lipinski definition) is 1. The molecule has 2 aromatic rings. The lowest BCUT2D eigenvalue weighted by Gasteiger charge is -2.14. The minimum atomic E-state index is 0.0504. The fourth-order valence-electron chi connectivity index (χ4n) is 1.79. The predicted molar refractivity (Wildman–Crippen MR) is 87.8 cm³/mol. The lowest BCUT2D eigenvalue weighted by Crippen LogP contribution is -2.24. The maximum absolute atomic E-state index is 12.3. The molecule has 2 heterocycles. The van der Waals surface area contributed by atoms with Crippen molar-refractivity contribution in [3.05, 3.63) is 43.8 Å². The second-order valence-electron chi connectivity index (χ2n) is 4.65. The predicted octanol–water partition coefficient (Wildman–Crippen LogP) is 3.12. The Bertz CT molecular complexity index is 676. The zero-order valence-electron chi connectivity index (χ0n) is 12.0. The molecule has 0 saturated carbocycles. The third kappa shape index (κ3) is 4.43. The first-order chi connectivity index (χ1) is 10.1. The Balaban J connectivity index is 1.98. The number of thiophene rings is 2. The largest absolute Gasteiger partial charge is 0.395 e. The molecule has 21 heavy (non-hydrogen) atoms. The van der Waals surface area contributed by atoms with E-state index in [9.17, 15) is 4.79 Å². The number of carbonyl (C=O) groups excluding carboxylic acids is 1. The molecule has 5 heteroatoms. The van der Waals surface area contributed by atoms with Gasteiger partial charge in [-0.15, -0.1) is 22.7 Å². The van der Waals surface area contributed by atoms with E-state index in [1.54, 1.807) is 16.2 Å². The molecule has 0 bridgehead atoms. The van der Waals surface area contributed by atoms with Crippen LogP contribution in [-0.4, -0.2) is 29.6 Å². The number of aryl methyl sites for hydroxylation is 1. The van der Waals surface area contributed by atoms with Crippen LogP contribution < -0.4 is 0 Å². The third-order valence-electron chi connectivity index (χ3n) is 2.81. The van der Waals surface area contributed by atoms with E-state index < -0.39 is 0 Å². The second-order valence-corrected chi connectivity index (χ2v) is 6.93. The molecule has 0 spiro atoms. The van der Waals surface area contributed by atoms with E-state index in [4.69, 9.17) is 5.11 Å². The van der Waals surface area contributed by atoms with Crippen LogP contribution in [0.25, 0.3) is 0 Å². The van der Waals surface area contributed by atoms with E-state index in [1.807, 2.05) is 37.6 Å². The van der Waals surface area contributed by atoms with Crippen LogP contribution in [-0.2, 0) is 6.54 Å². The second kappa shape index (κ2) is 7.41. The Morgan fingerprint density at radius 2 is 2.24 bits per heavy atom. The van der Waals surface area contributed by atoms with Crippen molar-refractivity contribution in [1.82, 2.24) is 4.90 Å². The highest BCUT2D eigenvalue weighted by Crippen LogP contribution is 2.20. The molecule has 0 radical (unpaired) electrons. The van der Waals surface area contributed by atoms with Crippen LogP contribution in [0.3, 0.4) is 0 Å². The van der Waals surface area contributed by atoms with Gasteiger partial charge >= 0.3 is 0 Å². The van der Waals surface area contributed by atoms with Crippen molar-refractivity contribution in [3.63, 3.8) is 0 Å². The van der Waals surface area contributed by atoms with Gasteiger partial charge in [0.1, 0.15) is 0 Å². The molecule has 0 aromatic carbocycles. The van der Waals surface area contributed by atoms with Crippen LogP contribution in [0, 0.1) is 18.8 Å². The normalized spacial score (nSPS) is 10.0. The summed E-state index contributed by atoms with van der Waals surface area (Å²) in [4.78, 5) is 17.0. The fourth-order valence-corrected chi connectivity index (χ4v) is 3.52. The van der Waals surface area contributed by atoms with E-state index in [0.29, 0.717) is 13.0 Å². The molecule has 0 aliphatic carbocycles. The molecule has 0 aliphatic heterocycles. The molecule has 0 unspecified atom stereocenters. The van der Waals surface area contributed by atoms with Gasteiger partial charge in [-0.25, -0.2) is 0 Å². The minimum absolute atomic E-state index is 0.0504. The van der Waals surface area contributed by atoms with Crippen molar-refractivity contribution in [1.29, 1.82) is 0 Å². The molecule has 1 amide bonds. The van der Waals surface area contributed by atoms with Gasteiger partial charge in [0.15, 0.2) is 0 Å². The van der Waals surface area contributed by atoms with Crippen LogP contribution in [0.15, 0.2) is 23.6 Å². The van der Waals surface area contributed by atoms with Gasteiger partial charge in [0.05, 0.1) is 18.0 Å². The van der Waals surface area contributed by atoms with E-state index in [1.165, 1.54) is 11.3 Å². The topological polar surface area (TPSA) is 40.5 Å². The first kappa shape index (κ1) is 15.8. The number of rotatable bonds is 4. The summed E-state index contributed by atoms with van der Waals surface area (Å²) in [6.07, 6.45) is 0.487. The molecular weight excluding hydrogens is 302 g/mol. The van der Waals surface area contributed by atoms with E-state index in [0.717, 1.165) is 20.2 Å². The summed E-state index contributed by atoms with van der Waals surface area (Å²) < 4.78 is 0. The van der Waals surface area contributed by atoms with Crippen molar-refractivity contribution in [2.24, 2.45) is 0 Å². The van der Waals surface area contributed by atoms with Crippen molar-refractivity contribution < 1.29 is 9.90 Å². The van der Waals surface area contributed by atoms with Gasteiger partial charge in [0.2, 0.25) is 0 Å². The van der Waals surface area contributed by atoms with Crippen LogP contribution >= 0.6 is 22.7 Å². The summed E-state index contributed by atoms with van der Waals surface area (Å²) in [5.74, 6) is 5.95. The Kier molecular flexibility index (Phi) is 5.57. The smallest absolute Gasteiger partial charge is 0.263 e. The molecule has 3 nitrogen and oxygen atoms in total. The highest BCUT2D eigenvalue weighted by Gasteiger charge is 2.14. The molecule has 2 aromatic heterocycles. The van der Waals surface area contributed by atoms with Gasteiger partial charge in [-0.05, 0) is 25.1 Å². The average molecular weight is 319 g/mol. The number of aliphatic hydroxyl groups is 1. The zero-order chi connectivity index (χ0) is 15.2. The minimum Gasteiger partial charge on any atom is -0.395 e. The lowest BCUT2D eigenvalue weighted by atomic mass is 10.3. The van der Waals surface area contributed by atoms with Crippen molar-refractivity contribution in [3.8, 4) is 11.8 Å². The Labute approximate surface area is 132 Å². The van der Waals surface area contributed by atoms with Gasteiger partial charge in [-0.1, -0.05) is 11.8 Å². The highest BCUT2D eigenvalue weighted by molar-refractivity contribution is 7.14. The van der Waals surface area contributed by atoms with Crippen molar-refractivity contribution >= 4 is 28.6 Å². The summed E-state index contributed by atoms with van der Waals surface area (Å²) in [5, 5.41) is 10.7. The molecule has 0 saturated heterocycles. The van der Waals surface area contributed by atoms with Crippen LogP contribution in [0.2, 0.25) is 0 Å². The number of nitrogens with zero attached hydrogens (tertiary/aromatic N) is 1. The van der Waals surface area contributed by atoms with Crippen molar-refractivity contribution in [2.75, 3.05) is 13.7 Å². The Morgan fingerprint density at radius 3 is 2.90 bits per heavy atom. The lowest BCUT2D eigenvalue weighted by molar-refractivity contribution is 0.0791. The zero-order valence-corrected chi connectivity index (χ0v) is 13.7. The third-order valence-corrected chi connectivity index (χ3v) is 4.72. The highest BCUT2D eigenvalue weighted by atomic mass is 32.1. The van der Waals surface area contributed by atoms with Gasteiger partial charge < -0.3 is 10.0 Å². The summed E-state index contributed by atoms with van der Waals surface area (Å²) in [6.45, 7) is 2.67. The summed E-state index contributed by atoms with van der Waals surface area (Å²) in [6, 6.07) is 5.84. The van der Waals surface area contributed by atoms with E-state index in [2.05, 4.69) is 11.8 Å². The number of hydrogen-bond acceptors (Lipinski definition) is 4. The molecule has 2 rings (SSSR count). The fraction of sp³-hybridized carbons (Fsp3) is 0.312. The maximum atomic E-state index is 12.3. The van der Waals surface area contributed by atoms with Crippen LogP contribution in [0.4, 0.5) is 0 Å².